The maximum absolute atomic E-state index is 5.93. The third-order valence-corrected chi connectivity index (χ3v) is 2.43. The van der Waals surface area contributed by atoms with Crippen molar-refractivity contribution in [2.24, 2.45) is 5.92 Å². The average molecular weight is 213 g/mol. The predicted octanol–water partition coefficient (Wildman–Crippen LogP) is 5.07. The summed E-state index contributed by atoms with van der Waals surface area (Å²) in [4.78, 5) is 0. The molecule has 0 bridgehead atoms. The molecule has 0 saturated heterocycles. The van der Waals surface area contributed by atoms with Crippen molar-refractivity contribution in [2.45, 2.75) is 40.0 Å². The molecular weight excluding hydrogens is 192 g/mol. The van der Waals surface area contributed by atoms with Gasteiger partial charge in [0.15, 0.2) is 0 Å². The summed E-state index contributed by atoms with van der Waals surface area (Å²) >= 11 is 5.93. The van der Waals surface area contributed by atoms with E-state index in [2.05, 4.69) is 26.5 Å². The summed E-state index contributed by atoms with van der Waals surface area (Å²) in [6, 6.07) is 0. The number of hydrogen-bond donors (Lipinski definition) is 0. The van der Waals surface area contributed by atoms with Crippen molar-refractivity contribution in [2.75, 3.05) is 0 Å². The van der Waals surface area contributed by atoms with Crippen molar-refractivity contribution in [1.82, 2.24) is 0 Å². The standard InChI is InChI=1S/C13H21Cl/c1-5-7-9-13(12(4)14)10-11(3)8-6-2/h5,7,9,11H,4,6,8,10H2,1-3H3/b7-5-,13-9-. The second-order valence-electron chi connectivity index (χ2n) is 3.72. The Kier molecular flexibility index (Phi) is 7.60. The zero-order valence-electron chi connectivity index (χ0n) is 9.52. The third-order valence-electron chi connectivity index (χ3n) is 2.19. The smallest absolute Gasteiger partial charge is 0.0366 e. The van der Waals surface area contributed by atoms with E-state index in [0.717, 1.165) is 12.0 Å². The van der Waals surface area contributed by atoms with Crippen molar-refractivity contribution in [3.8, 4) is 0 Å². The highest BCUT2D eigenvalue weighted by Gasteiger charge is 2.05. The zero-order valence-corrected chi connectivity index (χ0v) is 10.3. The van der Waals surface area contributed by atoms with Gasteiger partial charge in [0, 0.05) is 5.03 Å². The maximum Gasteiger partial charge on any atom is 0.0366 e. The van der Waals surface area contributed by atoms with Gasteiger partial charge in [-0.05, 0) is 24.8 Å². The molecule has 0 aliphatic carbocycles. The van der Waals surface area contributed by atoms with Crippen LogP contribution in [0.1, 0.15) is 40.0 Å². The molecule has 0 N–H and O–H groups in total. The van der Waals surface area contributed by atoms with Gasteiger partial charge < -0.3 is 0 Å². The van der Waals surface area contributed by atoms with E-state index in [4.69, 9.17) is 11.6 Å². The summed E-state index contributed by atoms with van der Waals surface area (Å²) < 4.78 is 0. The first-order valence-electron chi connectivity index (χ1n) is 5.28. The minimum atomic E-state index is 0.672. The van der Waals surface area contributed by atoms with Crippen molar-refractivity contribution in [3.63, 3.8) is 0 Å². The monoisotopic (exact) mass is 212 g/mol. The van der Waals surface area contributed by atoms with Gasteiger partial charge >= 0.3 is 0 Å². The first kappa shape index (κ1) is 13.5. The van der Waals surface area contributed by atoms with E-state index >= 15 is 0 Å². The van der Waals surface area contributed by atoms with Crippen LogP contribution in [0, 0.1) is 5.92 Å². The highest BCUT2D eigenvalue weighted by Crippen LogP contribution is 2.23. The van der Waals surface area contributed by atoms with Gasteiger partial charge in [-0.15, -0.1) is 0 Å². The fraction of sp³-hybridized carbons (Fsp3) is 0.538. The molecule has 0 rings (SSSR count). The molecule has 14 heavy (non-hydrogen) atoms. The van der Waals surface area contributed by atoms with Crippen LogP contribution in [0.2, 0.25) is 0 Å². The van der Waals surface area contributed by atoms with Crippen LogP contribution in [-0.4, -0.2) is 0 Å². The molecule has 1 heteroatoms. The van der Waals surface area contributed by atoms with Crippen LogP contribution in [0.4, 0.5) is 0 Å². The Balaban J connectivity index is 4.30. The van der Waals surface area contributed by atoms with E-state index in [1.165, 1.54) is 12.8 Å². The topological polar surface area (TPSA) is 0 Å². The van der Waals surface area contributed by atoms with Gasteiger partial charge in [-0.25, -0.2) is 0 Å². The molecule has 1 atom stereocenters. The van der Waals surface area contributed by atoms with Gasteiger partial charge in [-0.3, -0.25) is 0 Å². The summed E-state index contributed by atoms with van der Waals surface area (Å²) in [5.74, 6) is 0.687. The molecule has 0 aliphatic rings. The molecule has 0 amide bonds. The second-order valence-corrected chi connectivity index (χ2v) is 4.18. The lowest BCUT2D eigenvalue weighted by atomic mass is 9.96. The molecule has 0 radical (unpaired) electrons. The molecular formula is C13H21Cl. The van der Waals surface area contributed by atoms with Crippen molar-refractivity contribution in [1.29, 1.82) is 0 Å². The molecule has 80 valence electrons. The van der Waals surface area contributed by atoms with Gasteiger partial charge in [0.2, 0.25) is 0 Å². The normalized spacial score (nSPS) is 14.7. The fourth-order valence-corrected chi connectivity index (χ4v) is 1.59. The minimum absolute atomic E-state index is 0.672. The Morgan fingerprint density at radius 3 is 2.57 bits per heavy atom. The molecule has 0 aromatic rings. The third kappa shape index (κ3) is 6.04. The zero-order chi connectivity index (χ0) is 11.0. The molecule has 1 unspecified atom stereocenters. The minimum Gasteiger partial charge on any atom is -0.0877 e. The molecule has 0 nitrogen and oxygen atoms in total. The van der Waals surface area contributed by atoms with Crippen LogP contribution < -0.4 is 0 Å². The Morgan fingerprint density at radius 1 is 1.50 bits per heavy atom. The first-order chi connectivity index (χ1) is 6.61. The molecule has 0 spiro atoms. The van der Waals surface area contributed by atoms with E-state index in [1.807, 2.05) is 19.1 Å². The number of halogens is 1. The van der Waals surface area contributed by atoms with Gasteiger partial charge in [0.25, 0.3) is 0 Å². The van der Waals surface area contributed by atoms with Crippen LogP contribution in [-0.2, 0) is 0 Å². The summed E-state index contributed by atoms with van der Waals surface area (Å²) in [5.41, 5.74) is 1.16. The fourth-order valence-electron chi connectivity index (χ4n) is 1.45. The molecule has 0 fully saturated rings. The molecule has 0 aliphatic heterocycles. The SMILES string of the molecule is C=C(Cl)/C(=C\C=C/C)CC(C)CCC. The van der Waals surface area contributed by atoms with Crippen molar-refractivity contribution < 1.29 is 0 Å². The lowest BCUT2D eigenvalue weighted by molar-refractivity contribution is 0.524. The second kappa shape index (κ2) is 7.87. The summed E-state index contributed by atoms with van der Waals surface area (Å²) in [5, 5.41) is 0.672. The average Bonchev–Trinajstić information content (AvgIpc) is 2.12. The summed E-state index contributed by atoms with van der Waals surface area (Å²) in [6.45, 7) is 10.3. The van der Waals surface area contributed by atoms with Crippen LogP contribution >= 0.6 is 11.6 Å². The van der Waals surface area contributed by atoms with E-state index in [0.29, 0.717) is 11.0 Å². The van der Waals surface area contributed by atoms with Gasteiger partial charge in [0.05, 0.1) is 0 Å². The van der Waals surface area contributed by atoms with Crippen LogP contribution in [0.15, 0.2) is 35.4 Å². The van der Waals surface area contributed by atoms with Crippen LogP contribution in [0.5, 0.6) is 0 Å². The maximum atomic E-state index is 5.93. The Hall–Kier alpha value is -0.490. The molecule has 0 aromatic heterocycles. The number of allylic oxidation sites excluding steroid dienone is 5. The first-order valence-corrected chi connectivity index (χ1v) is 5.66. The van der Waals surface area contributed by atoms with Crippen molar-refractivity contribution >= 4 is 11.6 Å². The highest BCUT2D eigenvalue weighted by atomic mass is 35.5. The summed E-state index contributed by atoms with van der Waals surface area (Å²) in [6.07, 6.45) is 9.58. The van der Waals surface area contributed by atoms with Gasteiger partial charge in [-0.2, -0.15) is 0 Å². The quantitative estimate of drug-likeness (QED) is 0.540. The number of rotatable bonds is 6. The largest absolute Gasteiger partial charge is 0.0877 e. The highest BCUT2D eigenvalue weighted by molar-refractivity contribution is 6.31. The van der Waals surface area contributed by atoms with E-state index in [-0.39, 0.29) is 0 Å². The number of hydrogen-bond acceptors (Lipinski definition) is 0. The van der Waals surface area contributed by atoms with E-state index in [9.17, 15) is 0 Å². The Bertz CT molecular complexity index is 223. The van der Waals surface area contributed by atoms with Gasteiger partial charge in [0.1, 0.15) is 0 Å². The summed E-state index contributed by atoms with van der Waals surface area (Å²) in [7, 11) is 0. The lowest BCUT2D eigenvalue weighted by Crippen LogP contribution is -1.96. The molecule has 0 heterocycles. The van der Waals surface area contributed by atoms with Gasteiger partial charge in [-0.1, -0.05) is 63.1 Å². The molecule has 0 saturated carbocycles. The van der Waals surface area contributed by atoms with Crippen LogP contribution in [0.3, 0.4) is 0 Å². The molecule has 0 aromatic carbocycles. The lowest BCUT2D eigenvalue weighted by Gasteiger charge is -2.11. The van der Waals surface area contributed by atoms with Crippen LogP contribution in [0.25, 0.3) is 0 Å². The predicted molar refractivity (Wildman–Crippen MR) is 66.6 cm³/mol. The van der Waals surface area contributed by atoms with E-state index < -0.39 is 0 Å². The van der Waals surface area contributed by atoms with Crippen molar-refractivity contribution in [3.05, 3.63) is 35.4 Å². The Morgan fingerprint density at radius 2 is 2.14 bits per heavy atom. The van der Waals surface area contributed by atoms with E-state index in [1.54, 1.807) is 0 Å². The Labute approximate surface area is 93.4 Å².